The molecule has 1 atom stereocenters. The average molecular weight is 261 g/mol. The Balaban J connectivity index is 2.20. The van der Waals surface area contributed by atoms with Gasteiger partial charge in [-0.25, -0.2) is 0 Å². The first-order chi connectivity index (χ1) is 9.27. The van der Waals surface area contributed by atoms with Crippen LogP contribution in [-0.4, -0.2) is 7.05 Å². The molecule has 0 aliphatic carbocycles. The van der Waals surface area contributed by atoms with Crippen LogP contribution in [0, 0.1) is 6.92 Å². The Morgan fingerprint density at radius 2 is 1.47 bits per heavy atom. The highest BCUT2D eigenvalue weighted by molar-refractivity contribution is 5.23. The second-order valence-corrected chi connectivity index (χ2v) is 5.66. The fraction of sp³-hybridized carbons (Fsp3) is 0.667. The number of nitrogens with one attached hydrogen (secondary N) is 1. The third-order valence-electron chi connectivity index (χ3n) is 3.92. The van der Waals surface area contributed by atoms with E-state index in [2.05, 4.69) is 50.5 Å². The lowest BCUT2D eigenvalue weighted by Gasteiger charge is -2.16. The molecule has 0 saturated heterocycles. The van der Waals surface area contributed by atoms with Gasteiger partial charge in [0, 0.05) is 6.04 Å². The third kappa shape index (κ3) is 6.77. The highest BCUT2D eigenvalue weighted by Gasteiger charge is 2.07. The molecule has 1 aromatic rings. The summed E-state index contributed by atoms with van der Waals surface area (Å²) >= 11 is 0. The van der Waals surface area contributed by atoms with E-state index in [9.17, 15) is 0 Å². The molecule has 0 saturated carbocycles. The fourth-order valence-electron chi connectivity index (χ4n) is 2.58. The Bertz CT molecular complexity index is 315. The van der Waals surface area contributed by atoms with Crippen molar-refractivity contribution in [2.45, 2.75) is 71.3 Å². The van der Waals surface area contributed by atoms with Crippen molar-refractivity contribution in [2.75, 3.05) is 7.05 Å². The molecule has 1 unspecified atom stereocenters. The zero-order valence-electron chi connectivity index (χ0n) is 13.0. The maximum absolute atomic E-state index is 3.45. The van der Waals surface area contributed by atoms with Gasteiger partial charge < -0.3 is 5.32 Å². The minimum Gasteiger partial charge on any atom is -0.313 e. The quantitative estimate of drug-likeness (QED) is 0.556. The number of rotatable bonds is 10. The molecule has 0 bridgehead atoms. The predicted octanol–water partition coefficient (Wildman–Crippen LogP) is 5.40. The summed E-state index contributed by atoms with van der Waals surface area (Å²) in [6, 6.07) is 9.47. The van der Waals surface area contributed by atoms with Gasteiger partial charge in [0.2, 0.25) is 0 Å². The molecule has 1 aromatic carbocycles. The van der Waals surface area contributed by atoms with Gasteiger partial charge in [-0.15, -0.1) is 0 Å². The molecule has 0 heterocycles. The second-order valence-electron chi connectivity index (χ2n) is 5.66. The zero-order chi connectivity index (χ0) is 13.9. The van der Waals surface area contributed by atoms with E-state index < -0.39 is 0 Å². The summed E-state index contributed by atoms with van der Waals surface area (Å²) in [7, 11) is 2.08. The van der Waals surface area contributed by atoms with Crippen LogP contribution in [-0.2, 0) is 0 Å². The first kappa shape index (κ1) is 16.2. The van der Waals surface area contributed by atoms with Gasteiger partial charge in [0.15, 0.2) is 0 Å². The molecule has 0 spiro atoms. The highest BCUT2D eigenvalue weighted by Crippen LogP contribution is 2.20. The van der Waals surface area contributed by atoms with E-state index in [1.807, 2.05) is 0 Å². The van der Waals surface area contributed by atoms with Crippen molar-refractivity contribution in [3.8, 4) is 0 Å². The summed E-state index contributed by atoms with van der Waals surface area (Å²) in [5.74, 6) is 0. The Morgan fingerprint density at radius 3 is 2.05 bits per heavy atom. The van der Waals surface area contributed by atoms with Gasteiger partial charge in [-0.05, 0) is 26.0 Å². The van der Waals surface area contributed by atoms with Crippen LogP contribution in [0.15, 0.2) is 24.3 Å². The van der Waals surface area contributed by atoms with E-state index in [1.54, 1.807) is 0 Å². The summed E-state index contributed by atoms with van der Waals surface area (Å²) < 4.78 is 0. The smallest absolute Gasteiger partial charge is 0.0317 e. The number of hydrogen-bond donors (Lipinski definition) is 1. The molecule has 0 amide bonds. The largest absolute Gasteiger partial charge is 0.313 e. The summed E-state index contributed by atoms with van der Waals surface area (Å²) in [6.07, 6.45) is 11.0. The highest BCUT2D eigenvalue weighted by atomic mass is 14.9. The lowest BCUT2D eigenvalue weighted by molar-refractivity contribution is 0.496. The SMILES string of the molecule is CCCCCCCCCC(NC)c1ccc(C)cc1. The molecule has 1 nitrogen and oxygen atoms in total. The number of benzene rings is 1. The lowest BCUT2D eigenvalue weighted by atomic mass is 9.99. The van der Waals surface area contributed by atoms with Crippen LogP contribution in [0.1, 0.15) is 75.5 Å². The van der Waals surface area contributed by atoms with Crippen LogP contribution in [0.2, 0.25) is 0 Å². The molecule has 19 heavy (non-hydrogen) atoms. The van der Waals surface area contributed by atoms with E-state index in [1.165, 1.54) is 62.5 Å². The maximum Gasteiger partial charge on any atom is 0.0317 e. The standard InChI is InChI=1S/C18H31N/c1-4-5-6-7-8-9-10-11-18(19-3)17-14-12-16(2)13-15-17/h12-15,18-19H,4-11H2,1-3H3. The third-order valence-corrected chi connectivity index (χ3v) is 3.92. The van der Waals surface area contributed by atoms with Gasteiger partial charge in [-0.3, -0.25) is 0 Å². The fourth-order valence-corrected chi connectivity index (χ4v) is 2.58. The van der Waals surface area contributed by atoms with Crippen LogP contribution < -0.4 is 5.32 Å². The molecule has 0 aliphatic rings. The van der Waals surface area contributed by atoms with E-state index in [4.69, 9.17) is 0 Å². The Kier molecular flexibility index (Phi) is 8.57. The van der Waals surface area contributed by atoms with Crippen molar-refractivity contribution in [1.29, 1.82) is 0 Å². The molecule has 108 valence electrons. The molecule has 0 aromatic heterocycles. The normalized spacial score (nSPS) is 12.6. The number of hydrogen-bond acceptors (Lipinski definition) is 1. The van der Waals surface area contributed by atoms with E-state index in [0.29, 0.717) is 6.04 Å². The molecule has 0 radical (unpaired) electrons. The minimum atomic E-state index is 0.524. The summed E-state index contributed by atoms with van der Waals surface area (Å²) in [6.45, 7) is 4.42. The van der Waals surface area contributed by atoms with Crippen LogP contribution >= 0.6 is 0 Å². The van der Waals surface area contributed by atoms with Crippen LogP contribution in [0.3, 0.4) is 0 Å². The van der Waals surface area contributed by atoms with E-state index >= 15 is 0 Å². The van der Waals surface area contributed by atoms with Gasteiger partial charge in [0.1, 0.15) is 0 Å². The number of unbranched alkanes of at least 4 members (excludes halogenated alkanes) is 6. The predicted molar refractivity (Wildman–Crippen MR) is 85.6 cm³/mol. The van der Waals surface area contributed by atoms with Gasteiger partial charge in [0.25, 0.3) is 0 Å². The van der Waals surface area contributed by atoms with E-state index in [0.717, 1.165) is 0 Å². The number of aryl methyl sites for hydroxylation is 1. The molecule has 0 fully saturated rings. The van der Waals surface area contributed by atoms with Crippen molar-refractivity contribution in [2.24, 2.45) is 0 Å². The molecular weight excluding hydrogens is 230 g/mol. The molecule has 1 N–H and O–H groups in total. The first-order valence-electron chi connectivity index (χ1n) is 8.01. The zero-order valence-corrected chi connectivity index (χ0v) is 13.0. The minimum absolute atomic E-state index is 0.524. The Labute approximate surface area is 119 Å². The maximum atomic E-state index is 3.45. The molecular formula is C18H31N. The monoisotopic (exact) mass is 261 g/mol. The van der Waals surface area contributed by atoms with Gasteiger partial charge in [0.05, 0.1) is 0 Å². The van der Waals surface area contributed by atoms with Crippen molar-refractivity contribution >= 4 is 0 Å². The van der Waals surface area contributed by atoms with Crippen molar-refractivity contribution < 1.29 is 0 Å². The summed E-state index contributed by atoms with van der Waals surface area (Å²) in [5.41, 5.74) is 2.77. The second kappa shape index (κ2) is 10.0. The van der Waals surface area contributed by atoms with Gasteiger partial charge >= 0.3 is 0 Å². The van der Waals surface area contributed by atoms with Crippen LogP contribution in [0.25, 0.3) is 0 Å². The molecule has 1 heteroatoms. The Hall–Kier alpha value is -0.820. The van der Waals surface area contributed by atoms with Crippen molar-refractivity contribution in [3.63, 3.8) is 0 Å². The van der Waals surface area contributed by atoms with Crippen molar-refractivity contribution in [3.05, 3.63) is 35.4 Å². The average Bonchev–Trinajstić information content (AvgIpc) is 2.43. The van der Waals surface area contributed by atoms with Crippen molar-refractivity contribution in [1.82, 2.24) is 5.32 Å². The van der Waals surface area contributed by atoms with Crippen LogP contribution in [0.4, 0.5) is 0 Å². The molecule has 1 rings (SSSR count). The summed E-state index contributed by atoms with van der Waals surface area (Å²) in [4.78, 5) is 0. The lowest BCUT2D eigenvalue weighted by Crippen LogP contribution is -2.16. The van der Waals surface area contributed by atoms with Gasteiger partial charge in [-0.2, -0.15) is 0 Å². The summed E-state index contributed by atoms with van der Waals surface area (Å²) in [5, 5.41) is 3.45. The first-order valence-corrected chi connectivity index (χ1v) is 8.01. The van der Waals surface area contributed by atoms with E-state index in [-0.39, 0.29) is 0 Å². The topological polar surface area (TPSA) is 12.0 Å². The Morgan fingerprint density at radius 1 is 0.895 bits per heavy atom. The molecule has 0 aliphatic heterocycles. The van der Waals surface area contributed by atoms with Crippen LogP contribution in [0.5, 0.6) is 0 Å². The van der Waals surface area contributed by atoms with Gasteiger partial charge in [-0.1, -0.05) is 81.7 Å².